The van der Waals surface area contributed by atoms with Gasteiger partial charge in [-0.1, -0.05) is 50.8 Å². The van der Waals surface area contributed by atoms with E-state index in [1.54, 1.807) is 6.20 Å². The summed E-state index contributed by atoms with van der Waals surface area (Å²) in [5.74, 6) is 0. The van der Waals surface area contributed by atoms with Crippen LogP contribution in [-0.4, -0.2) is 13.1 Å². The Morgan fingerprint density at radius 3 is 2.42 bits per heavy atom. The highest BCUT2D eigenvalue weighted by atomic mass is 15.0. The number of nitrogens with one attached hydrogen (secondary N) is 2. The maximum absolute atomic E-state index is 4.02. The summed E-state index contributed by atoms with van der Waals surface area (Å²) in [4.78, 5) is 0. The molecule has 19 heavy (non-hydrogen) atoms. The molecule has 0 aliphatic carbocycles. The fourth-order valence-electron chi connectivity index (χ4n) is 2.09. The smallest absolute Gasteiger partial charge is 0.0505 e. The number of hydrogen-bond acceptors (Lipinski definition) is 2. The molecular weight excluding hydrogens is 232 g/mol. The number of likely N-dealkylation sites (N-methyl/N-ethyl adjacent to an activating group) is 1. The molecule has 2 N–H and O–H groups in total. The van der Waals surface area contributed by atoms with Crippen molar-refractivity contribution >= 4 is 0 Å². The van der Waals surface area contributed by atoms with Crippen molar-refractivity contribution in [3.05, 3.63) is 60.4 Å². The van der Waals surface area contributed by atoms with Gasteiger partial charge in [-0.3, -0.25) is 0 Å². The summed E-state index contributed by atoms with van der Waals surface area (Å²) in [6.45, 7) is 9.92. The average Bonchev–Trinajstić information content (AvgIpc) is 2.44. The normalized spacial score (nSPS) is 11.9. The second kappa shape index (κ2) is 8.54. The van der Waals surface area contributed by atoms with Gasteiger partial charge in [0.05, 0.1) is 6.04 Å². The van der Waals surface area contributed by atoms with Crippen LogP contribution in [0.5, 0.6) is 0 Å². The molecule has 1 atom stereocenters. The molecule has 0 spiro atoms. The fraction of sp³-hybridized carbons (Fsp3) is 0.412. The van der Waals surface area contributed by atoms with Crippen LogP contribution in [0.4, 0.5) is 0 Å². The zero-order chi connectivity index (χ0) is 14.1. The fourth-order valence-corrected chi connectivity index (χ4v) is 2.09. The van der Waals surface area contributed by atoms with Crippen LogP contribution in [0.15, 0.2) is 49.3 Å². The van der Waals surface area contributed by atoms with Gasteiger partial charge in [-0.25, -0.2) is 0 Å². The zero-order valence-electron chi connectivity index (χ0n) is 12.2. The molecule has 2 nitrogen and oxygen atoms in total. The summed E-state index contributed by atoms with van der Waals surface area (Å²) in [5, 5.41) is 6.34. The third-order valence-electron chi connectivity index (χ3n) is 3.34. The lowest BCUT2D eigenvalue weighted by Gasteiger charge is -2.19. The van der Waals surface area contributed by atoms with Gasteiger partial charge in [-0.05, 0) is 43.6 Å². The Kier molecular flexibility index (Phi) is 6.98. The van der Waals surface area contributed by atoms with Gasteiger partial charge < -0.3 is 10.6 Å². The summed E-state index contributed by atoms with van der Waals surface area (Å²) in [7, 11) is 1.95. The monoisotopic (exact) mass is 258 g/mol. The second-order valence-electron chi connectivity index (χ2n) is 4.84. The summed E-state index contributed by atoms with van der Waals surface area (Å²) in [5.41, 5.74) is 3.70. The minimum atomic E-state index is 0.222. The highest BCUT2D eigenvalue weighted by Crippen LogP contribution is 2.11. The molecule has 2 heteroatoms. The number of hydrogen-bond donors (Lipinski definition) is 2. The van der Waals surface area contributed by atoms with E-state index in [0.29, 0.717) is 0 Å². The Morgan fingerprint density at radius 2 is 1.89 bits per heavy atom. The van der Waals surface area contributed by atoms with Gasteiger partial charge in [0.2, 0.25) is 0 Å². The van der Waals surface area contributed by atoms with Gasteiger partial charge in [-0.15, -0.1) is 0 Å². The van der Waals surface area contributed by atoms with Crippen LogP contribution in [0, 0.1) is 0 Å². The van der Waals surface area contributed by atoms with Gasteiger partial charge in [0.1, 0.15) is 0 Å². The lowest BCUT2D eigenvalue weighted by Crippen LogP contribution is -2.33. The van der Waals surface area contributed by atoms with Crippen molar-refractivity contribution in [2.45, 2.75) is 38.6 Å². The maximum atomic E-state index is 4.02. The Bertz CT molecular complexity index is 392. The summed E-state index contributed by atoms with van der Waals surface area (Å²) in [6, 6.07) is 9.13. The predicted molar refractivity (Wildman–Crippen MR) is 84.1 cm³/mol. The van der Waals surface area contributed by atoms with Crippen molar-refractivity contribution in [3.8, 4) is 0 Å². The molecule has 0 aliphatic heterocycles. The maximum Gasteiger partial charge on any atom is 0.0505 e. The number of aryl methyl sites for hydroxylation is 1. The summed E-state index contributed by atoms with van der Waals surface area (Å²) in [6.07, 6.45) is 6.29. The van der Waals surface area contributed by atoms with Crippen LogP contribution in [-0.2, 0) is 12.8 Å². The van der Waals surface area contributed by atoms with Gasteiger partial charge in [0.15, 0.2) is 0 Å². The van der Waals surface area contributed by atoms with Crippen molar-refractivity contribution in [2.24, 2.45) is 0 Å². The third-order valence-corrected chi connectivity index (χ3v) is 3.34. The molecule has 0 radical (unpaired) electrons. The van der Waals surface area contributed by atoms with Crippen LogP contribution < -0.4 is 10.6 Å². The van der Waals surface area contributed by atoms with Crippen molar-refractivity contribution in [1.29, 1.82) is 0 Å². The van der Waals surface area contributed by atoms with Crippen molar-refractivity contribution < 1.29 is 0 Å². The molecule has 0 bridgehead atoms. The Balaban J connectivity index is 2.59. The molecular formula is C17H26N2. The molecule has 1 unspecified atom stereocenters. The van der Waals surface area contributed by atoms with Crippen molar-refractivity contribution in [1.82, 2.24) is 10.6 Å². The van der Waals surface area contributed by atoms with Crippen LogP contribution in [0.2, 0.25) is 0 Å². The van der Waals surface area contributed by atoms with Gasteiger partial charge in [0, 0.05) is 5.70 Å². The van der Waals surface area contributed by atoms with Crippen LogP contribution >= 0.6 is 0 Å². The Hall–Kier alpha value is -1.54. The minimum absolute atomic E-state index is 0.222. The SMILES string of the molecule is C=CNC(=C)C(Cc1ccc(CCCC)cc1)NC. The van der Waals surface area contributed by atoms with E-state index in [0.717, 1.165) is 12.1 Å². The Morgan fingerprint density at radius 1 is 1.26 bits per heavy atom. The molecule has 0 fully saturated rings. The van der Waals surface area contributed by atoms with Gasteiger partial charge in [0.25, 0.3) is 0 Å². The van der Waals surface area contributed by atoms with Gasteiger partial charge >= 0.3 is 0 Å². The van der Waals surface area contributed by atoms with Crippen LogP contribution in [0.1, 0.15) is 30.9 Å². The van der Waals surface area contributed by atoms with E-state index in [1.165, 1.54) is 30.4 Å². The number of unbranched alkanes of at least 4 members (excludes halogenated alkanes) is 1. The first kappa shape index (κ1) is 15.5. The van der Waals surface area contributed by atoms with E-state index in [1.807, 2.05) is 7.05 Å². The molecule has 0 aromatic heterocycles. The minimum Gasteiger partial charge on any atom is -0.365 e. The molecule has 1 rings (SSSR count). The van der Waals surface area contributed by atoms with Crippen LogP contribution in [0.25, 0.3) is 0 Å². The molecule has 0 amide bonds. The second-order valence-corrected chi connectivity index (χ2v) is 4.84. The Labute approximate surface area is 117 Å². The molecule has 0 saturated carbocycles. The molecule has 104 valence electrons. The van der Waals surface area contributed by atoms with E-state index >= 15 is 0 Å². The van der Waals surface area contributed by atoms with E-state index in [-0.39, 0.29) is 6.04 Å². The lowest BCUT2D eigenvalue weighted by molar-refractivity contribution is 0.609. The molecule has 0 heterocycles. The van der Waals surface area contributed by atoms with E-state index < -0.39 is 0 Å². The van der Waals surface area contributed by atoms with Crippen LogP contribution in [0.3, 0.4) is 0 Å². The molecule has 0 saturated heterocycles. The first-order valence-electron chi connectivity index (χ1n) is 7.02. The third kappa shape index (κ3) is 5.31. The lowest BCUT2D eigenvalue weighted by atomic mass is 10.0. The molecule has 1 aromatic carbocycles. The highest BCUT2D eigenvalue weighted by molar-refractivity contribution is 5.25. The largest absolute Gasteiger partial charge is 0.365 e. The highest BCUT2D eigenvalue weighted by Gasteiger charge is 2.10. The molecule has 1 aromatic rings. The topological polar surface area (TPSA) is 24.1 Å². The quantitative estimate of drug-likeness (QED) is 0.709. The first-order valence-corrected chi connectivity index (χ1v) is 7.02. The van der Waals surface area contributed by atoms with Crippen molar-refractivity contribution in [3.63, 3.8) is 0 Å². The first-order chi connectivity index (χ1) is 9.21. The predicted octanol–water partition coefficient (Wildman–Crippen LogP) is 3.41. The summed E-state index contributed by atoms with van der Waals surface area (Å²) >= 11 is 0. The van der Waals surface area contributed by atoms with Gasteiger partial charge in [-0.2, -0.15) is 0 Å². The number of rotatable bonds is 9. The standard InChI is InChI=1S/C17H26N2/c1-5-7-8-15-9-11-16(12-10-15)13-17(18-4)14(3)19-6-2/h6,9-12,17-19H,2-3,5,7-8,13H2,1,4H3. The van der Waals surface area contributed by atoms with E-state index in [2.05, 4.69) is 55.0 Å². The molecule has 0 aliphatic rings. The number of benzene rings is 1. The summed E-state index contributed by atoms with van der Waals surface area (Å²) < 4.78 is 0. The van der Waals surface area contributed by atoms with E-state index in [9.17, 15) is 0 Å². The average molecular weight is 258 g/mol. The van der Waals surface area contributed by atoms with Crippen molar-refractivity contribution in [2.75, 3.05) is 7.05 Å². The van der Waals surface area contributed by atoms with E-state index in [4.69, 9.17) is 0 Å². The zero-order valence-corrected chi connectivity index (χ0v) is 12.2.